The fourth-order valence-corrected chi connectivity index (χ4v) is 5.65. The number of carbonyl (C=O) groups is 2. The molecule has 0 saturated carbocycles. The van der Waals surface area contributed by atoms with Crippen molar-refractivity contribution in [2.75, 3.05) is 17.2 Å². The normalized spacial score (nSPS) is 15.4. The highest BCUT2D eigenvalue weighted by atomic mass is 32.1. The van der Waals surface area contributed by atoms with E-state index in [0.717, 1.165) is 30.6 Å². The smallest absolute Gasteiger partial charge is 0.258 e. The highest BCUT2D eigenvalue weighted by Crippen LogP contribution is 2.44. The second-order valence-corrected chi connectivity index (χ2v) is 10.7. The van der Waals surface area contributed by atoms with Crippen molar-refractivity contribution in [3.05, 3.63) is 70.4 Å². The Balaban J connectivity index is 1.64. The summed E-state index contributed by atoms with van der Waals surface area (Å²) < 4.78 is 5.49. The Kier molecular flexibility index (Phi) is 7.03. The van der Waals surface area contributed by atoms with Gasteiger partial charge < -0.3 is 15.4 Å². The zero-order valence-electron chi connectivity index (χ0n) is 20.1. The van der Waals surface area contributed by atoms with Crippen LogP contribution in [0.25, 0.3) is 0 Å². The van der Waals surface area contributed by atoms with E-state index >= 15 is 0 Å². The molecule has 0 unspecified atom stereocenters. The van der Waals surface area contributed by atoms with Gasteiger partial charge >= 0.3 is 0 Å². The fourth-order valence-electron chi connectivity index (χ4n) is 4.33. The molecule has 0 saturated heterocycles. The molecule has 1 aromatic carbocycles. The minimum absolute atomic E-state index is 0.187. The molecule has 2 N–H and O–H groups in total. The molecule has 2 heterocycles. The van der Waals surface area contributed by atoms with E-state index < -0.39 is 0 Å². The Labute approximate surface area is 204 Å². The van der Waals surface area contributed by atoms with Crippen molar-refractivity contribution in [3.63, 3.8) is 0 Å². The highest BCUT2D eigenvalue weighted by Gasteiger charge is 2.34. The van der Waals surface area contributed by atoms with Crippen molar-refractivity contribution in [2.45, 2.75) is 47.0 Å². The van der Waals surface area contributed by atoms with Crippen LogP contribution in [0.3, 0.4) is 0 Å². The van der Waals surface area contributed by atoms with Crippen LogP contribution in [0.15, 0.2) is 48.8 Å². The third-order valence-electron chi connectivity index (χ3n) is 6.31. The maximum atomic E-state index is 13.5. The number of nitrogens with zero attached hydrogens (tertiary/aromatic N) is 1. The molecule has 0 radical (unpaired) electrons. The van der Waals surface area contributed by atoms with Gasteiger partial charge in [0, 0.05) is 28.5 Å². The molecule has 0 spiro atoms. The zero-order chi connectivity index (χ0) is 24.3. The number of benzene rings is 1. The van der Waals surface area contributed by atoms with Gasteiger partial charge in [-0.05, 0) is 79.5 Å². The zero-order valence-corrected chi connectivity index (χ0v) is 20.9. The molecule has 0 bridgehead atoms. The summed E-state index contributed by atoms with van der Waals surface area (Å²) in [5.74, 6) is 0.834. The number of carbonyl (C=O) groups excluding carboxylic acids is 2. The molecule has 7 heteroatoms. The lowest BCUT2D eigenvalue weighted by Gasteiger charge is -2.33. The summed E-state index contributed by atoms with van der Waals surface area (Å²) >= 11 is 1.52. The summed E-state index contributed by atoms with van der Waals surface area (Å²) in [4.78, 5) is 31.5. The molecule has 6 nitrogen and oxygen atoms in total. The van der Waals surface area contributed by atoms with E-state index in [0.29, 0.717) is 34.3 Å². The molecule has 1 aliphatic rings. The number of rotatable bonds is 6. The lowest BCUT2D eigenvalue weighted by atomic mass is 9.72. The highest BCUT2D eigenvalue weighted by molar-refractivity contribution is 7.17. The molecule has 178 valence electrons. The third-order valence-corrected chi connectivity index (χ3v) is 7.48. The van der Waals surface area contributed by atoms with Crippen LogP contribution in [-0.2, 0) is 12.8 Å². The molecule has 0 fully saturated rings. The first-order valence-corrected chi connectivity index (χ1v) is 12.5. The van der Waals surface area contributed by atoms with Gasteiger partial charge in [0.05, 0.1) is 12.2 Å². The molecule has 3 aromatic rings. The number of pyridine rings is 1. The Hall–Kier alpha value is -3.19. The Morgan fingerprint density at radius 3 is 2.41 bits per heavy atom. The average molecular weight is 478 g/mol. The molecule has 34 heavy (non-hydrogen) atoms. The van der Waals surface area contributed by atoms with Crippen LogP contribution in [0.2, 0.25) is 0 Å². The summed E-state index contributed by atoms with van der Waals surface area (Å²) in [5.41, 5.74) is 3.00. The van der Waals surface area contributed by atoms with E-state index in [1.54, 1.807) is 24.5 Å². The van der Waals surface area contributed by atoms with Crippen molar-refractivity contribution in [3.8, 4) is 5.75 Å². The lowest BCUT2D eigenvalue weighted by molar-refractivity contribution is 0.102. The number of aromatic nitrogens is 1. The van der Waals surface area contributed by atoms with Crippen LogP contribution < -0.4 is 15.4 Å². The summed E-state index contributed by atoms with van der Waals surface area (Å²) in [7, 11) is 0. The molecule has 2 amide bonds. The average Bonchev–Trinajstić information content (AvgIpc) is 3.17. The molecule has 1 aliphatic carbocycles. The lowest BCUT2D eigenvalue weighted by Crippen LogP contribution is -2.27. The Morgan fingerprint density at radius 2 is 1.76 bits per heavy atom. The van der Waals surface area contributed by atoms with Crippen molar-refractivity contribution >= 4 is 33.8 Å². The molecule has 2 aromatic heterocycles. The summed E-state index contributed by atoms with van der Waals surface area (Å²) in [5, 5.41) is 6.61. The molecule has 1 atom stereocenters. The van der Waals surface area contributed by atoms with Crippen LogP contribution in [0, 0.1) is 11.3 Å². The van der Waals surface area contributed by atoms with Crippen LogP contribution in [-0.4, -0.2) is 23.4 Å². The van der Waals surface area contributed by atoms with Crippen LogP contribution in [0.4, 0.5) is 10.7 Å². The predicted octanol–water partition coefficient (Wildman–Crippen LogP) is 6.20. The summed E-state index contributed by atoms with van der Waals surface area (Å²) in [6, 6.07) is 10.7. The largest absolute Gasteiger partial charge is 0.494 e. The number of anilines is 2. The molecular formula is C27H31N3O3S. The van der Waals surface area contributed by atoms with Gasteiger partial charge in [-0.25, -0.2) is 0 Å². The van der Waals surface area contributed by atoms with Crippen molar-refractivity contribution in [1.29, 1.82) is 0 Å². The SMILES string of the molecule is CCOc1ccc(NC(=O)c2c(NC(=O)c3ccncc3)sc3c2CC[C@H](C(C)(C)C)C3)cc1. The van der Waals surface area contributed by atoms with Crippen LogP contribution in [0.1, 0.15) is 65.3 Å². The molecular weight excluding hydrogens is 446 g/mol. The Bertz CT molecular complexity index is 1160. The standard InChI is InChI=1S/C27H31N3O3S/c1-5-33-20-9-7-19(8-10-20)29-25(32)23-21-11-6-18(27(2,3)4)16-22(21)34-26(23)30-24(31)17-12-14-28-15-13-17/h7-10,12-15,18H,5-6,11,16H2,1-4H3,(H,29,32)(H,30,31)/t18-/m0/s1. The van der Waals surface area contributed by atoms with Crippen molar-refractivity contribution < 1.29 is 14.3 Å². The van der Waals surface area contributed by atoms with Crippen molar-refractivity contribution in [1.82, 2.24) is 4.98 Å². The number of fused-ring (bicyclic) bond motifs is 1. The van der Waals surface area contributed by atoms with Gasteiger partial charge in [-0.1, -0.05) is 20.8 Å². The van der Waals surface area contributed by atoms with Crippen LogP contribution >= 0.6 is 11.3 Å². The van der Waals surface area contributed by atoms with Gasteiger partial charge in [-0.15, -0.1) is 11.3 Å². The Morgan fingerprint density at radius 1 is 1.06 bits per heavy atom. The van der Waals surface area contributed by atoms with E-state index in [1.807, 2.05) is 31.2 Å². The van der Waals surface area contributed by atoms with Gasteiger partial charge in [0.25, 0.3) is 11.8 Å². The van der Waals surface area contributed by atoms with Gasteiger partial charge in [-0.2, -0.15) is 0 Å². The first-order valence-electron chi connectivity index (χ1n) is 11.7. The molecule has 4 rings (SSSR count). The van der Waals surface area contributed by atoms with E-state index in [4.69, 9.17) is 4.74 Å². The van der Waals surface area contributed by atoms with E-state index in [2.05, 4.69) is 36.4 Å². The van der Waals surface area contributed by atoms with E-state index in [-0.39, 0.29) is 17.2 Å². The first kappa shape index (κ1) is 24.0. The first-order chi connectivity index (χ1) is 16.3. The number of ether oxygens (including phenoxy) is 1. The van der Waals surface area contributed by atoms with Gasteiger partial charge in [-0.3, -0.25) is 14.6 Å². The third kappa shape index (κ3) is 5.30. The van der Waals surface area contributed by atoms with E-state index in [1.165, 1.54) is 16.2 Å². The number of hydrogen-bond acceptors (Lipinski definition) is 5. The quantitative estimate of drug-likeness (QED) is 0.443. The number of thiophene rings is 1. The number of hydrogen-bond donors (Lipinski definition) is 2. The van der Waals surface area contributed by atoms with Gasteiger partial charge in [0.2, 0.25) is 0 Å². The topological polar surface area (TPSA) is 80.3 Å². The van der Waals surface area contributed by atoms with E-state index in [9.17, 15) is 9.59 Å². The maximum Gasteiger partial charge on any atom is 0.258 e. The van der Waals surface area contributed by atoms with Crippen molar-refractivity contribution in [2.24, 2.45) is 11.3 Å². The number of nitrogens with one attached hydrogen (secondary N) is 2. The monoisotopic (exact) mass is 477 g/mol. The van der Waals surface area contributed by atoms with Crippen LogP contribution in [0.5, 0.6) is 5.75 Å². The fraction of sp³-hybridized carbons (Fsp3) is 0.370. The molecule has 0 aliphatic heterocycles. The maximum absolute atomic E-state index is 13.5. The predicted molar refractivity (Wildman–Crippen MR) is 137 cm³/mol. The second-order valence-electron chi connectivity index (χ2n) is 9.62. The minimum atomic E-state index is -0.247. The summed E-state index contributed by atoms with van der Waals surface area (Å²) in [6.45, 7) is 9.32. The summed E-state index contributed by atoms with van der Waals surface area (Å²) in [6.07, 6.45) is 5.93. The van der Waals surface area contributed by atoms with Gasteiger partial charge in [0.1, 0.15) is 10.8 Å². The number of amides is 2. The minimum Gasteiger partial charge on any atom is -0.494 e. The second kappa shape index (κ2) is 9.97. The van der Waals surface area contributed by atoms with Gasteiger partial charge in [0.15, 0.2) is 0 Å².